The summed E-state index contributed by atoms with van der Waals surface area (Å²) < 4.78 is 0. The van der Waals surface area contributed by atoms with Crippen molar-refractivity contribution in [2.75, 3.05) is 13.1 Å². The Morgan fingerprint density at radius 1 is 0.917 bits per heavy atom. The van der Waals surface area contributed by atoms with E-state index in [9.17, 15) is 5.26 Å². The number of hydrogen-bond donors (Lipinski definition) is 1. The van der Waals surface area contributed by atoms with E-state index in [1.807, 2.05) is 18.2 Å². The summed E-state index contributed by atoms with van der Waals surface area (Å²) in [5, 5.41) is 13.4. The minimum absolute atomic E-state index is 0.336. The minimum atomic E-state index is -0.336. The third-order valence-electron chi connectivity index (χ3n) is 4.61. The van der Waals surface area contributed by atoms with Crippen molar-refractivity contribution in [1.82, 2.24) is 5.32 Å². The lowest BCUT2D eigenvalue weighted by atomic mass is 9.74. The van der Waals surface area contributed by atoms with Crippen LogP contribution in [0.4, 0.5) is 0 Å². The molecule has 2 heteroatoms. The van der Waals surface area contributed by atoms with Crippen LogP contribution in [0.5, 0.6) is 0 Å². The summed E-state index contributed by atoms with van der Waals surface area (Å²) in [6.45, 7) is 4.11. The fraction of sp³-hybridized carbons (Fsp3) is 0.409. The van der Waals surface area contributed by atoms with E-state index in [1.165, 1.54) is 11.1 Å². The van der Waals surface area contributed by atoms with E-state index in [2.05, 4.69) is 60.8 Å². The molecule has 0 aromatic heterocycles. The van der Waals surface area contributed by atoms with E-state index in [4.69, 9.17) is 0 Å². The van der Waals surface area contributed by atoms with E-state index >= 15 is 0 Å². The van der Waals surface area contributed by atoms with Gasteiger partial charge in [-0.15, -0.1) is 0 Å². The van der Waals surface area contributed by atoms with Crippen molar-refractivity contribution in [2.45, 2.75) is 44.4 Å². The molecule has 0 heterocycles. The van der Waals surface area contributed by atoms with Crippen LogP contribution in [0.1, 0.15) is 43.7 Å². The van der Waals surface area contributed by atoms with Crippen LogP contribution < -0.4 is 5.32 Å². The van der Waals surface area contributed by atoms with Gasteiger partial charge in [0.2, 0.25) is 0 Å². The standard InChI is InChI=1S/C22H28N2/c1-2-15-22(19-23,21-12-7-4-8-13-21)16-9-17-24-18-14-20-10-5-3-6-11-20/h3-8,10-13,24H,2,9,14-18H2,1H3. The summed E-state index contributed by atoms with van der Waals surface area (Å²) in [7, 11) is 0. The van der Waals surface area contributed by atoms with E-state index < -0.39 is 0 Å². The SMILES string of the molecule is CCCC(C#N)(CCCNCCc1ccccc1)c1ccccc1. The van der Waals surface area contributed by atoms with Crippen LogP contribution in [-0.4, -0.2) is 13.1 Å². The second-order valence-corrected chi connectivity index (χ2v) is 6.40. The molecule has 0 aliphatic rings. The molecule has 2 aromatic carbocycles. The Hall–Kier alpha value is -2.11. The maximum atomic E-state index is 9.84. The Morgan fingerprint density at radius 3 is 2.21 bits per heavy atom. The van der Waals surface area contributed by atoms with Gasteiger partial charge in [-0.1, -0.05) is 74.0 Å². The zero-order valence-corrected chi connectivity index (χ0v) is 14.7. The molecular weight excluding hydrogens is 292 g/mol. The van der Waals surface area contributed by atoms with Gasteiger partial charge in [-0.2, -0.15) is 5.26 Å². The first-order valence-electron chi connectivity index (χ1n) is 9.02. The highest BCUT2D eigenvalue weighted by Crippen LogP contribution is 2.33. The summed E-state index contributed by atoms with van der Waals surface area (Å²) in [6.07, 6.45) is 4.95. The van der Waals surface area contributed by atoms with Gasteiger partial charge >= 0.3 is 0 Å². The van der Waals surface area contributed by atoms with E-state index in [1.54, 1.807) is 0 Å². The van der Waals surface area contributed by atoms with Crippen LogP contribution in [0.25, 0.3) is 0 Å². The number of hydrogen-bond acceptors (Lipinski definition) is 2. The van der Waals surface area contributed by atoms with Gasteiger partial charge in [0.15, 0.2) is 0 Å². The fourth-order valence-electron chi connectivity index (χ4n) is 3.29. The third kappa shape index (κ3) is 5.22. The monoisotopic (exact) mass is 320 g/mol. The van der Waals surface area contributed by atoms with Crippen molar-refractivity contribution in [3.8, 4) is 6.07 Å². The summed E-state index contributed by atoms with van der Waals surface area (Å²) >= 11 is 0. The third-order valence-corrected chi connectivity index (χ3v) is 4.61. The Morgan fingerprint density at radius 2 is 1.58 bits per heavy atom. The van der Waals surface area contributed by atoms with Gasteiger partial charge in [0, 0.05) is 0 Å². The molecule has 1 unspecified atom stereocenters. The van der Waals surface area contributed by atoms with Crippen LogP contribution in [0, 0.1) is 11.3 Å². The van der Waals surface area contributed by atoms with Crippen molar-refractivity contribution in [2.24, 2.45) is 0 Å². The second kappa shape index (κ2) is 9.90. The first kappa shape index (κ1) is 18.2. The summed E-state index contributed by atoms with van der Waals surface area (Å²) in [5.74, 6) is 0. The molecule has 2 rings (SSSR count). The fourth-order valence-corrected chi connectivity index (χ4v) is 3.29. The Labute approximate surface area is 146 Å². The highest BCUT2D eigenvalue weighted by molar-refractivity contribution is 5.32. The molecule has 1 atom stereocenters. The van der Waals surface area contributed by atoms with Crippen molar-refractivity contribution >= 4 is 0 Å². The van der Waals surface area contributed by atoms with Gasteiger partial charge in [0.25, 0.3) is 0 Å². The van der Waals surface area contributed by atoms with Crippen molar-refractivity contribution in [3.63, 3.8) is 0 Å². The maximum absolute atomic E-state index is 9.84. The smallest absolute Gasteiger partial charge is 0.0822 e. The van der Waals surface area contributed by atoms with Gasteiger partial charge in [-0.25, -0.2) is 0 Å². The highest BCUT2D eigenvalue weighted by atomic mass is 14.8. The lowest BCUT2D eigenvalue weighted by molar-refractivity contribution is 0.436. The second-order valence-electron chi connectivity index (χ2n) is 6.40. The van der Waals surface area contributed by atoms with Crippen LogP contribution >= 0.6 is 0 Å². The highest BCUT2D eigenvalue weighted by Gasteiger charge is 2.30. The average molecular weight is 320 g/mol. The molecule has 2 aromatic rings. The van der Waals surface area contributed by atoms with E-state index in [-0.39, 0.29) is 5.41 Å². The maximum Gasteiger partial charge on any atom is 0.0822 e. The molecule has 0 aliphatic carbocycles. The number of nitrogens with one attached hydrogen (secondary N) is 1. The lowest BCUT2D eigenvalue weighted by Crippen LogP contribution is -2.27. The first-order chi connectivity index (χ1) is 11.8. The molecule has 1 N–H and O–H groups in total. The Bertz CT molecular complexity index is 615. The first-order valence-corrected chi connectivity index (χ1v) is 9.02. The normalized spacial score (nSPS) is 13.2. The molecule has 0 aliphatic heterocycles. The predicted octanol–water partition coefficient (Wildman–Crippen LogP) is 4.86. The van der Waals surface area contributed by atoms with Gasteiger partial charge in [0.1, 0.15) is 0 Å². The van der Waals surface area contributed by atoms with Gasteiger partial charge in [-0.05, 0) is 49.9 Å². The molecule has 0 radical (unpaired) electrons. The van der Waals surface area contributed by atoms with Crippen LogP contribution in [0.2, 0.25) is 0 Å². The summed E-state index contributed by atoms with van der Waals surface area (Å²) in [6, 6.07) is 23.5. The molecule has 24 heavy (non-hydrogen) atoms. The number of rotatable bonds is 10. The van der Waals surface area contributed by atoms with E-state index in [0.29, 0.717) is 0 Å². The van der Waals surface area contributed by atoms with Crippen molar-refractivity contribution in [1.29, 1.82) is 5.26 Å². The van der Waals surface area contributed by atoms with E-state index in [0.717, 1.165) is 45.2 Å². The number of benzene rings is 2. The molecule has 0 bridgehead atoms. The molecule has 0 amide bonds. The van der Waals surface area contributed by atoms with Gasteiger partial charge < -0.3 is 5.32 Å². The van der Waals surface area contributed by atoms with Crippen LogP contribution in [-0.2, 0) is 11.8 Å². The van der Waals surface area contributed by atoms with Crippen LogP contribution in [0.15, 0.2) is 60.7 Å². The largest absolute Gasteiger partial charge is 0.316 e. The number of nitrogens with zero attached hydrogens (tertiary/aromatic N) is 1. The predicted molar refractivity (Wildman–Crippen MR) is 101 cm³/mol. The molecule has 126 valence electrons. The average Bonchev–Trinajstić information content (AvgIpc) is 2.65. The van der Waals surface area contributed by atoms with Gasteiger partial charge in [0.05, 0.1) is 11.5 Å². The van der Waals surface area contributed by atoms with Crippen LogP contribution in [0.3, 0.4) is 0 Å². The Balaban J connectivity index is 1.80. The molecule has 0 fully saturated rings. The van der Waals surface area contributed by atoms with Crippen molar-refractivity contribution in [3.05, 3.63) is 71.8 Å². The lowest BCUT2D eigenvalue weighted by Gasteiger charge is -2.27. The summed E-state index contributed by atoms with van der Waals surface area (Å²) in [5.41, 5.74) is 2.20. The zero-order valence-electron chi connectivity index (χ0n) is 14.7. The summed E-state index contributed by atoms with van der Waals surface area (Å²) in [4.78, 5) is 0. The Kier molecular flexibility index (Phi) is 7.52. The molecule has 0 saturated heterocycles. The molecule has 0 spiro atoms. The topological polar surface area (TPSA) is 35.8 Å². The molecule has 2 nitrogen and oxygen atoms in total. The molecular formula is C22H28N2. The molecule has 0 saturated carbocycles. The minimum Gasteiger partial charge on any atom is -0.316 e. The quantitative estimate of drug-likeness (QED) is 0.635. The number of nitriles is 1. The van der Waals surface area contributed by atoms with Crippen molar-refractivity contribution < 1.29 is 0 Å². The van der Waals surface area contributed by atoms with Gasteiger partial charge in [-0.3, -0.25) is 0 Å². The zero-order chi connectivity index (χ0) is 17.1.